The van der Waals surface area contributed by atoms with Gasteiger partial charge in [0.1, 0.15) is 5.60 Å². The lowest BCUT2D eigenvalue weighted by molar-refractivity contribution is -0.177. The monoisotopic (exact) mass is 591 g/mol. The first-order valence-electron chi connectivity index (χ1n) is 15.1. The SMILES string of the molecule is CC12Cc3cnn(C(C)(C)C)c3C=C1CCC1C2[C@@H](O)CC2(C)C1CC[C@]2(O)C(=O)CSc1nc2ccccc2s1. The number of carbonyl (C=O) groups excluding carboxylic acids is 1. The topological polar surface area (TPSA) is 88.2 Å². The Hall–Kier alpha value is -2.00. The van der Waals surface area contributed by atoms with Gasteiger partial charge in [-0.2, -0.15) is 5.10 Å². The van der Waals surface area contributed by atoms with Crippen molar-refractivity contribution in [1.82, 2.24) is 14.8 Å². The molecule has 4 aliphatic rings. The normalized spacial score (nSPS) is 36.3. The first-order chi connectivity index (χ1) is 19.3. The van der Waals surface area contributed by atoms with Gasteiger partial charge in [0, 0.05) is 5.41 Å². The zero-order valence-electron chi connectivity index (χ0n) is 24.7. The van der Waals surface area contributed by atoms with Gasteiger partial charge in [-0.1, -0.05) is 43.3 Å². The van der Waals surface area contributed by atoms with Crippen molar-refractivity contribution in [3.8, 4) is 0 Å². The molecule has 7 atom stereocenters. The van der Waals surface area contributed by atoms with Crippen LogP contribution in [0.15, 0.2) is 40.4 Å². The Morgan fingerprint density at radius 2 is 2.00 bits per heavy atom. The number of nitrogens with zero attached hydrogens (tertiary/aromatic N) is 3. The van der Waals surface area contributed by atoms with Gasteiger partial charge < -0.3 is 10.2 Å². The molecule has 0 saturated heterocycles. The van der Waals surface area contributed by atoms with Crippen LogP contribution in [0.3, 0.4) is 0 Å². The molecule has 0 bridgehead atoms. The van der Waals surface area contributed by atoms with Crippen LogP contribution in [0.25, 0.3) is 16.3 Å². The minimum absolute atomic E-state index is 0.0894. The van der Waals surface area contributed by atoms with E-state index in [1.165, 1.54) is 28.6 Å². The zero-order chi connectivity index (χ0) is 28.9. The van der Waals surface area contributed by atoms with Crippen LogP contribution in [0.1, 0.15) is 78.0 Å². The summed E-state index contributed by atoms with van der Waals surface area (Å²) >= 11 is 3.03. The van der Waals surface area contributed by atoms with Gasteiger partial charge in [0.05, 0.1) is 39.5 Å². The van der Waals surface area contributed by atoms with E-state index in [2.05, 4.69) is 50.4 Å². The number of ketones is 1. The van der Waals surface area contributed by atoms with Crippen LogP contribution in [0.5, 0.6) is 0 Å². The van der Waals surface area contributed by atoms with Gasteiger partial charge in [0.25, 0.3) is 0 Å². The van der Waals surface area contributed by atoms with Crippen LogP contribution in [0, 0.1) is 28.6 Å². The van der Waals surface area contributed by atoms with Crippen LogP contribution in [0.4, 0.5) is 0 Å². The molecule has 0 aliphatic heterocycles. The van der Waals surface area contributed by atoms with Gasteiger partial charge >= 0.3 is 0 Å². The molecule has 218 valence electrons. The molecule has 3 fully saturated rings. The molecule has 7 rings (SSSR count). The van der Waals surface area contributed by atoms with Crippen LogP contribution in [-0.2, 0) is 16.8 Å². The van der Waals surface area contributed by atoms with Gasteiger partial charge in [0.15, 0.2) is 10.1 Å². The van der Waals surface area contributed by atoms with Gasteiger partial charge in [-0.05, 0) is 106 Å². The molecule has 0 amide bonds. The van der Waals surface area contributed by atoms with Crippen LogP contribution in [-0.4, -0.2) is 48.2 Å². The number of thiazole rings is 1. The largest absolute Gasteiger partial charge is 0.393 e. The third-order valence-corrected chi connectivity index (χ3v) is 13.5. The lowest BCUT2D eigenvalue weighted by Gasteiger charge is -2.60. The second kappa shape index (κ2) is 9.25. The maximum Gasteiger partial charge on any atom is 0.175 e. The number of aliphatic hydroxyl groups is 2. The van der Waals surface area contributed by atoms with E-state index < -0.39 is 17.1 Å². The Balaban J connectivity index is 1.14. The predicted octanol–water partition coefficient (Wildman–Crippen LogP) is 6.49. The Kier molecular flexibility index (Phi) is 6.27. The fourth-order valence-electron chi connectivity index (χ4n) is 9.34. The number of para-hydroxylation sites is 1. The van der Waals surface area contributed by atoms with Crippen molar-refractivity contribution >= 4 is 45.2 Å². The summed E-state index contributed by atoms with van der Waals surface area (Å²) in [5.41, 5.74) is 2.56. The van der Waals surface area contributed by atoms with E-state index in [-0.39, 0.29) is 40.2 Å². The van der Waals surface area contributed by atoms with Crippen molar-refractivity contribution in [1.29, 1.82) is 0 Å². The molecule has 4 aliphatic carbocycles. The van der Waals surface area contributed by atoms with Crippen molar-refractivity contribution < 1.29 is 15.0 Å². The zero-order valence-corrected chi connectivity index (χ0v) is 26.3. The number of hydrogen-bond acceptors (Lipinski definition) is 7. The first kappa shape index (κ1) is 27.8. The summed E-state index contributed by atoms with van der Waals surface area (Å²) < 4.78 is 4.11. The highest BCUT2D eigenvalue weighted by molar-refractivity contribution is 8.01. The molecule has 3 aromatic rings. The molecule has 0 spiro atoms. The fourth-order valence-corrected chi connectivity index (χ4v) is 11.4. The number of aliphatic hydroxyl groups excluding tert-OH is 1. The summed E-state index contributed by atoms with van der Waals surface area (Å²) in [5.74, 6) is 0.699. The predicted molar refractivity (Wildman–Crippen MR) is 165 cm³/mol. The Morgan fingerprint density at radius 3 is 2.76 bits per heavy atom. The highest BCUT2D eigenvalue weighted by Crippen LogP contribution is 2.67. The molecule has 2 aromatic heterocycles. The Bertz CT molecular complexity index is 1540. The van der Waals surface area contributed by atoms with Gasteiger partial charge in [-0.3, -0.25) is 9.48 Å². The summed E-state index contributed by atoms with van der Waals surface area (Å²) in [7, 11) is 0. The number of aromatic nitrogens is 3. The van der Waals surface area contributed by atoms with Crippen LogP contribution in [0.2, 0.25) is 0 Å². The molecule has 0 radical (unpaired) electrons. The third kappa shape index (κ3) is 4.00. The summed E-state index contributed by atoms with van der Waals surface area (Å²) in [6.45, 7) is 11.0. The molecule has 8 heteroatoms. The van der Waals surface area contributed by atoms with Gasteiger partial charge in [-0.15, -0.1) is 11.3 Å². The standard InChI is InChI=1S/C33H41N3O3S2/c1-30(2,3)36-24-14-20-10-11-21-22-12-13-33(39,27(38)18-40-29-35-23-8-6-7-9-26(23)41-29)32(22,5)16-25(37)28(21)31(20,4)15-19(24)17-34-36/h6-9,14,17,21-22,25,28,37,39H,10-13,15-16,18H2,1-5H3/t21?,22?,25-,28?,31?,32?,33-/m0/s1. The van der Waals surface area contributed by atoms with E-state index in [4.69, 9.17) is 5.10 Å². The lowest BCUT2D eigenvalue weighted by atomic mass is 9.45. The average Bonchev–Trinajstić information content (AvgIpc) is 3.59. The summed E-state index contributed by atoms with van der Waals surface area (Å²) in [6.07, 6.45) is 8.46. The molecule has 2 N–H and O–H groups in total. The maximum absolute atomic E-state index is 13.8. The molecule has 41 heavy (non-hydrogen) atoms. The van der Waals surface area contributed by atoms with Gasteiger partial charge in [0.2, 0.25) is 0 Å². The highest BCUT2D eigenvalue weighted by Gasteiger charge is 2.68. The van der Waals surface area contributed by atoms with E-state index in [1.54, 1.807) is 11.3 Å². The highest BCUT2D eigenvalue weighted by atomic mass is 32.2. The molecular weight excluding hydrogens is 551 g/mol. The maximum atomic E-state index is 13.8. The van der Waals surface area contributed by atoms with Gasteiger partial charge in [-0.25, -0.2) is 4.98 Å². The number of rotatable bonds is 4. The number of hydrogen-bond donors (Lipinski definition) is 2. The second-order valence-corrected chi connectivity index (χ2v) is 16.7. The minimum atomic E-state index is -1.42. The summed E-state index contributed by atoms with van der Waals surface area (Å²) in [4.78, 5) is 18.5. The molecule has 5 unspecified atom stereocenters. The molecule has 2 heterocycles. The van der Waals surface area contributed by atoms with Crippen molar-refractivity contribution in [3.63, 3.8) is 0 Å². The van der Waals surface area contributed by atoms with Crippen molar-refractivity contribution in [2.24, 2.45) is 28.6 Å². The molecular formula is C33H41N3O3S2. The molecule has 6 nitrogen and oxygen atoms in total. The summed E-state index contributed by atoms with van der Waals surface area (Å²) in [5, 5.41) is 28.8. The van der Waals surface area contributed by atoms with E-state index in [9.17, 15) is 15.0 Å². The summed E-state index contributed by atoms with van der Waals surface area (Å²) in [6, 6.07) is 8.01. The minimum Gasteiger partial charge on any atom is -0.393 e. The molecule has 3 saturated carbocycles. The van der Waals surface area contributed by atoms with Crippen molar-refractivity contribution in [2.45, 2.75) is 94.7 Å². The lowest BCUT2D eigenvalue weighted by Crippen LogP contribution is -2.62. The number of thioether (sulfide) groups is 1. The average molecular weight is 592 g/mol. The number of benzene rings is 1. The fraction of sp³-hybridized carbons (Fsp3) is 0.606. The third-order valence-electron chi connectivity index (χ3n) is 11.3. The quantitative estimate of drug-likeness (QED) is 0.337. The number of allylic oxidation sites excluding steroid dienone is 1. The second-order valence-electron chi connectivity index (χ2n) is 14.5. The van der Waals surface area contributed by atoms with Crippen molar-refractivity contribution in [3.05, 3.63) is 47.3 Å². The molecule has 1 aromatic carbocycles. The van der Waals surface area contributed by atoms with E-state index in [0.717, 1.165) is 40.2 Å². The number of Topliss-reactive ketones (excluding diaryl/α,β-unsaturated/α-hetero) is 1. The van der Waals surface area contributed by atoms with E-state index >= 15 is 0 Å². The van der Waals surface area contributed by atoms with Crippen molar-refractivity contribution in [2.75, 3.05) is 5.75 Å². The van der Waals surface area contributed by atoms with E-state index in [1.807, 2.05) is 30.5 Å². The van der Waals surface area contributed by atoms with Crippen LogP contribution >= 0.6 is 23.1 Å². The Morgan fingerprint density at radius 1 is 1.22 bits per heavy atom. The number of carbonyl (C=O) groups is 1. The number of fused-ring (bicyclic) bond motifs is 7. The Labute approximate surface area is 250 Å². The smallest absolute Gasteiger partial charge is 0.175 e. The first-order valence-corrected chi connectivity index (χ1v) is 16.9. The van der Waals surface area contributed by atoms with E-state index in [0.29, 0.717) is 12.8 Å². The van der Waals surface area contributed by atoms with Crippen LogP contribution < -0.4 is 0 Å².